The number of alkyl halides is 2. The third-order valence-electron chi connectivity index (χ3n) is 2.25. The van der Waals surface area contributed by atoms with E-state index in [0.717, 1.165) is 6.42 Å². The molecule has 1 rings (SSSR count). The zero-order valence-electron chi connectivity index (χ0n) is 7.66. The number of hydrogen-bond donors (Lipinski definition) is 1. The Morgan fingerprint density at radius 2 is 2.36 bits per heavy atom. The second kappa shape index (κ2) is 5.09. The molecule has 0 aliphatic carbocycles. The zero-order chi connectivity index (χ0) is 10.6. The number of rotatable bonds is 3. The molecule has 14 heavy (non-hydrogen) atoms. The van der Waals surface area contributed by atoms with Gasteiger partial charge in [0.05, 0.1) is 6.61 Å². The van der Waals surface area contributed by atoms with Crippen molar-refractivity contribution in [2.24, 2.45) is 5.92 Å². The zero-order valence-corrected chi connectivity index (χ0v) is 7.66. The van der Waals surface area contributed by atoms with Crippen molar-refractivity contribution in [2.75, 3.05) is 19.7 Å². The Morgan fingerprint density at radius 1 is 1.64 bits per heavy atom. The number of ether oxygens (including phenoxy) is 1. The summed E-state index contributed by atoms with van der Waals surface area (Å²) < 4.78 is 27.5. The number of carboxylic acid groups (broad SMARTS) is 1. The van der Waals surface area contributed by atoms with Gasteiger partial charge in [0.25, 0.3) is 0 Å². The molecule has 0 saturated carbocycles. The summed E-state index contributed by atoms with van der Waals surface area (Å²) in [4.78, 5) is 11.8. The molecule has 1 heterocycles. The predicted molar refractivity (Wildman–Crippen MR) is 44.3 cm³/mol. The van der Waals surface area contributed by atoms with E-state index in [9.17, 15) is 13.6 Å². The normalized spacial score (nSPS) is 22.8. The summed E-state index contributed by atoms with van der Waals surface area (Å²) in [6.07, 6.45) is 0.465. The van der Waals surface area contributed by atoms with E-state index in [0.29, 0.717) is 19.5 Å². The number of nitrogens with zero attached hydrogens (tertiary/aromatic N) is 1. The van der Waals surface area contributed by atoms with Gasteiger partial charge in [-0.1, -0.05) is 0 Å². The fourth-order valence-electron chi connectivity index (χ4n) is 1.58. The van der Waals surface area contributed by atoms with Crippen LogP contribution in [0, 0.1) is 5.92 Å². The van der Waals surface area contributed by atoms with Gasteiger partial charge in [0, 0.05) is 19.0 Å². The molecule has 0 aromatic rings. The highest BCUT2D eigenvalue weighted by Crippen LogP contribution is 2.17. The minimum atomic E-state index is -2.77. The topological polar surface area (TPSA) is 49.8 Å². The van der Waals surface area contributed by atoms with Crippen LogP contribution >= 0.6 is 0 Å². The molecule has 1 aliphatic heterocycles. The van der Waals surface area contributed by atoms with Gasteiger partial charge in [-0.25, -0.2) is 4.79 Å². The van der Waals surface area contributed by atoms with Crippen LogP contribution in [0.4, 0.5) is 13.6 Å². The maximum Gasteiger partial charge on any atom is 0.407 e. The first-order valence-electron chi connectivity index (χ1n) is 4.47. The van der Waals surface area contributed by atoms with Crippen LogP contribution in [0.5, 0.6) is 0 Å². The van der Waals surface area contributed by atoms with E-state index in [2.05, 4.69) is 4.74 Å². The lowest BCUT2D eigenvalue weighted by atomic mass is 9.99. The average molecular weight is 209 g/mol. The lowest BCUT2D eigenvalue weighted by molar-refractivity contribution is -0.141. The summed E-state index contributed by atoms with van der Waals surface area (Å²) in [7, 11) is 0. The summed E-state index contributed by atoms with van der Waals surface area (Å²) in [6.45, 7) is -2.06. The highest BCUT2D eigenvalue weighted by molar-refractivity contribution is 5.65. The van der Waals surface area contributed by atoms with Gasteiger partial charge in [0.2, 0.25) is 0 Å². The van der Waals surface area contributed by atoms with Gasteiger partial charge in [0.1, 0.15) is 0 Å². The molecule has 0 aromatic heterocycles. The van der Waals surface area contributed by atoms with E-state index in [-0.39, 0.29) is 12.5 Å². The molecule has 1 N–H and O–H groups in total. The van der Waals surface area contributed by atoms with E-state index in [1.807, 2.05) is 0 Å². The molecular formula is C8H13F2NO3. The molecule has 1 unspecified atom stereocenters. The van der Waals surface area contributed by atoms with Crippen LogP contribution in [0.2, 0.25) is 0 Å². The molecule has 0 aromatic carbocycles. The van der Waals surface area contributed by atoms with Gasteiger partial charge in [-0.15, -0.1) is 0 Å². The van der Waals surface area contributed by atoms with Crippen LogP contribution < -0.4 is 0 Å². The van der Waals surface area contributed by atoms with Gasteiger partial charge in [0.15, 0.2) is 0 Å². The van der Waals surface area contributed by atoms with Crippen LogP contribution in [0.25, 0.3) is 0 Å². The number of piperidine rings is 1. The highest BCUT2D eigenvalue weighted by Gasteiger charge is 2.23. The smallest absolute Gasteiger partial charge is 0.407 e. The third kappa shape index (κ3) is 3.45. The summed E-state index contributed by atoms with van der Waals surface area (Å²) in [6, 6.07) is 0. The maximum absolute atomic E-state index is 11.7. The fraction of sp³-hybridized carbons (Fsp3) is 0.875. The van der Waals surface area contributed by atoms with Gasteiger partial charge >= 0.3 is 12.7 Å². The van der Waals surface area contributed by atoms with Crippen LogP contribution in [0.3, 0.4) is 0 Å². The largest absolute Gasteiger partial charge is 0.465 e. The Hall–Kier alpha value is -0.910. The Bertz CT molecular complexity index is 201. The molecule has 1 fully saturated rings. The first-order chi connectivity index (χ1) is 6.59. The number of likely N-dealkylation sites (tertiary alicyclic amines) is 1. The molecule has 1 saturated heterocycles. The Balaban J connectivity index is 2.29. The summed E-state index contributed by atoms with van der Waals surface area (Å²) >= 11 is 0. The Labute approximate surface area is 80.4 Å². The quantitative estimate of drug-likeness (QED) is 0.768. The van der Waals surface area contributed by atoms with Crippen molar-refractivity contribution in [3.63, 3.8) is 0 Å². The average Bonchev–Trinajstić information content (AvgIpc) is 2.15. The van der Waals surface area contributed by atoms with Gasteiger partial charge in [-0.3, -0.25) is 0 Å². The minimum absolute atomic E-state index is 0.0680. The van der Waals surface area contributed by atoms with Gasteiger partial charge in [-0.05, 0) is 12.8 Å². The number of hydrogen-bond acceptors (Lipinski definition) is 2. The van der Waals surface area contributed by atoms with Crippen molar-refractivity contribution >= 4 is 6.09 Å². The lowest BCUT2D eigenvalue weighted by Gasteiger charge is -2.30. The molecule has 82 valence electrons. The van der Waals surface area contributed by atoms with Crippen molar-refractivity contribution in [3.8, 4) is 0 Å². The Morgan fingerprint density at radius 3 is 2.93 bits per heavy atom. The van der Waals surface area contributed by atoms with Crippen LogP contribution in [-0.4, -0.2) is 42.4 Å². The lowest BCUT2D eigenvalue weighted by Crippen LogP contribution is -2.40. The number of amides is 1. The summed E-state index contributed by atoms with van der Waals surface area (Å²) in [5.74, 6) is -0.103. The highest BCUT2D eigenvalue weighted by atomic mass is 19.3. The van der Waals surface area contributed by atoms with Gasteiger partial charge in [-0.2, -0.15) is 8.78 Å². The molecule has 1 atom stereocenters. The molecule has 1 amide bonds. The van der Waals surface area contributed by atoms with Crippen molar-refractivity contribution in [3.05, 3.63) is 0 Å². The monoisotopic (exact) mass is 209 g/mol. The van der Waals surface area contributed by atoms with E-state index >= 15 is 0 Å². The first kappa shape index (κ1) is 11.2. The molecule has 6 heteroatoms. The van der Waals surface area contributed by atoms with Crippen LogP contribution in [0.15, 0.2) is 0 Å². The number of carbonyl (C=O) groups is 1. The minimum Gasteiger partial charge on any atom is -0.465 e. The second-order valence-electron chi connectivity index (χ2n) is 3.33. The maximum atomic E-state index is 11.7. The second-order valence-corrected chi connectivity index (χ2v) is 3.33. The van der Waals surface area contributed by atoms with E-state index in [4.69, 9.17) is 5.11 Å². The SMILES string of the molecule is O=C(O)N1CCCC(COC(F)F)C1. The van der Waals surface area contributed by atoms with E-state index in [1.165, 1.54) is 4.90 Å². The van der Waals surface area contributed by atoms with Crippen molar-refractivity contribution in [1.29, 1.82) is 0 Å². The summed E-state index contributed by atoms with van der Waals surface area (Å²) in [5.41, 5.74) is 0. The van der Waals surface area contributed by atoms with Crippen molar-refractivity contribution < 1.29 is 23.4 Å². The van der Waals surface area contributed by atoms with Crippen LogP contribution in [0.1, 0.15) is 12.8 Å². The van der Waals surface area contributed by atoms with E-state index < -0.39 is 12.7 Å². The Kier molecular flexibility index (Phi) is 4.06. The molecule has 0 radical (unpaired) electrons. The fourth-order valence-corrected chi connectivity index (χ4v) is 1.58. The predicted octanol–water partition coefficient (Wildman–Crippen LogP) is 1.62. The molecule has 0 spiro atoms. The number of halogens is 2. The standard InChI is InChI=1S/C8H13F2NO3/c9-7(10)14-5-6-2-1-3-11(4-6)8(12)13/h6-7H,1-5H2,(H,12,13). The third-order valence-corrected chi connectivity index (χ3v) is 2.25. The van der Waals surface area contributed by atoms with Crippen molar-refractivity contribution in [2.45, 2.75) is 19.5 Å². The van der Waals surface area contributed by atoms with Crippen molar-refractivity contribution in [1.82, 2.24) is 4.90 Å². The summed E-state index contributed by atoms with van der Waals surface area (Å²) in [5, 5.41) is 8.67. The molecule has 0 bridgehead atoms. The van der Waals surface area contributed by atoms with Gasteiger partial charge < -0.3 is 14.7 Å². The van der Waals surface area contributed by atoms with E-state index in [1.54, 1.807) is 0 Å². The molecular weight excluding hydrogens is 196 g/mol. The molecule has 4 nitrogen and oxygen atoms in total. The first-order valence-corrected chi connectivity index (χ1v) is 4.47. The van der Waals surface area contributed by atoms with Crippen LogP contribution in [-0.2, 0) is 4.74 Å². The molecule has 1 aliphatic rings.